The number of benzene rings is 1. The maximum atomic E-state index is 12.5. The van der Waals surface area contributed by atoms with Crippen molar-refractivity contribution in [3.8, 4) is 0 Å². The fourth-order valence-electron chi connectivity index (χ4n) is 3.07. The summed E-state index contributed by atoms with van der Waals surface area (Å²) in [6.45, 7) is 3.91. The van der Waals surface area contributed by atoms with Gasteiger partial charge in [-0.3, -0.25) is 9.48 Å². The fraction of sp³-hybridized carbons (Fsp3) is 0.412. The molecule has 23 heavy (non-hydrogen) atoms. The molecule has 6 heteroatoms. The van der Waals surface area contributed by atoms with Crippen LogP contribution < -0.4 is 5.32 Å². The number of aryl methyl sites for hydroxylation is 1. The van der Waals surface area contributed by atoms with E-state index in [1.807, 2.05) is 26.0 Å². The number of halogens is 2. The lowest BCUT2D eigenvalue weighted by Gasteiger charge is -2.43. The summed E-state index contributed by atoms with van der Waals surface area (Å²) in [6.07, 6.45) is 3.05. The predicted molar refractivity (Wildman–Crippen MR) is 94.5 cm³/mol. The van der Waals surface area contributed by atoms with Gasteiger partial charge in [0, 0.05) is 4.47 Å². The summed E-state index contributed by atoms with van der Waals surface area (Å²) in [7, 11) is 0. The van der Waals surface area contributed by atoms with Crippen LogP contribution in [-0.2, 0) is 16.9 Å². The lowest BCUT2D eigenvalue weighted by molar-refractivity contribution is -0.125. The van der Waals surface area contributed by atoms with E-state index in [2.05, 4.69) is 38.5 Å². The highest BCUT2D eigenvalue weighted by Gasteiger charge is 2.40. The summed E-state index contributed by atoms with van der Waals surface area (Å²) < 4.78 is 2.70. The zero-order valence-corrected chi connectivity index (χ0v) is 15.5. The van der Waals surface area contributed by atoms with Crippen molar-refractivity contribution in [2.24, 2.45) is 0 Å². The molecule has 122 valence electrons. The second-order valence-corrected chi connectivity index (χ2v) is 7.43. The van der Waals surface area contributed by atoms with Crippen LogP contribution in [0.5, 0.6) is 0 Å². The van der Waals surface area contributed by atoms with Gasteiger partial charge in [0.25, 0.3) is 0 Å². The molecular formula is C17H19BrClN3O. The molecule has 1 fully saturated rings. The van der Waals surface area contributed by atoms with Gasteiger partial charge in [0.05, 0.1) is 21.9 Å². The van der Waals surface area contributed by atoms with Crippen LogP contribution >= 0.6 is 27.5 Å². The number of amides is 1. The lowest BCUT2D eigenvalue weighted by Crippen LogP contribution is -2.51. The van der Waals surface area contributed by atoms with Gasteiger partial charge >= 0.3 is 0 Å². The number of nitrogens with one attached hydrogen (secondary N) is 1. The number of nitrogens with zero attached hydrogens (tertiary/aromatic N) is 2. The molecule has 1 N–H and O–H groups in total. The highest BCUT2D eigenvalue weighted by atomic mass is 79.9. The van der Waals surface area contributed by atoms with E-state index in [1.54, 1.807) is 4.68 Å². The molecule has 3 rings (SSSR count). The molecule has 0 bridgehead atoms. The molecule has 0 atom stereocenters. The van der Waals surface area contributed by atoms with Gasteiger partial charge in [-0.2, -0.15) is 5.10 Å². The third-order valence-electron chi connectivity index (χ3n) is 4.55. The first-order valence-electron chi connectivity index (χ1n) is 7.68. The standard InChI is InChI=1S/C17H19BrClN3O/c1-11-16(19)12(2)22(21-11)10-15(23)20-17(7-4-8-17)13-5-3-6-14(18)9-13/h3,5-6,9H,4,7-8,10H2,1-2H3,(H,20,23). The van der Waals surface area contributed by atoms with E-state index < -0.39 is 0 Å². The first-order chi connectivity index (χ1) is 10.9. The first kappa shape index (κ1) is 16.5. The summed E-state index contributed by atoms with van der Waals surface area (Å²) in [4.78, 5) is 12.5. The average molecular weight is 397 g/mol. The maximum absolute atomic E-state index is 12.5. The molecule has 1 aliphatic carbocycles. The Kier molecular flexibility index (Phi) is 4.52. The third-order valence-corrected chi connectivity index (χ3v) is 5.59. The zero-order valence-electron chi connectivity index (χ0n) is 13.2. The van der Waals surface area contributed by atoms with Crippen molar-refractivity contribution in [3.63, 3.8) is 0 Å². The Bertz CT molecular complexity index is 752. The number of carbonyl (C=O) groups is 1. The van der Waals surface area contributed by atoms with Crippen LogP contribution in [0, 0.1) is 13.8 Å². The van der Waals surface area contributed by atoms with Gasteiger partial charge in [0.2, 0.25) is 5.91 Å². The summed E-state index contributed by atoms with van der Waals surface area (Å²) in [6, 6.07) is 8.16. The maximum Gasteiger partial charge on any atom is 0.242 e. The van der Waals surface area contributed by atoms with Crippen LogP contribution in [0.15, 0.2) is 28.7 Å². The van der Waals surface area contributed by atoms with E-state index in [1.165, 1.54) is 0 Å². The van der Waals surface area contributed by atoms with Gasteiger partial charge < -0.3 is 5.32 Å². The Morgan fingerprint density at radius 2 is 2.17 bits per heavy atom. The Balaban J connectivity index is 1.77. The Morgan fingerprint density at radius 3 is 2.70 bits per heavy atom. The number of hydrogen-bond donors (Lipinski definition) is 1. The second-order valence-electron chi connectivity index (χ2n) is 6.14. The monoisotopic (exact) mass is 395 g/mol. The van der Waals surface area contributed by atoms with Crippen LogP contribution in [0.3, 0.4) is 0 Å². The lowest BCUT2D eigenvalue weighted by atomic mass is 9.72. The Labute approximate surface area is 149 Å². The van der Waals surface area contributed by atoms with Crippen molar-refractivity contribution in [3.05, 3.63) is 50.7 Å². The third kappa shape index (κ3) is 3.17. The fourth-order valence-corrected chi connectivity index (χ4v) is 3.61. The largest absolute Gasteiger partial charge is 0.345 e. The van der Waals surface area contributed by atoms with Crippen LogP contribution in [-0.4, -0.2) is 15.7 Å². The molecule has 1 amide bonds. The molecule has 0 spiro atoms. The SMILES string of the molecule is Cc1nn(CC(=O)NC2(c3cccc(Br)c3)CCC2)c(C)c1Cl. The minimum absolute atomic E-state index is 0.0352. The van der Waals surface area contributed by atoms with Gasteiger partial charge in [-0.05, 0) is 50.8 Å². The smallest absolute Gasteiger partial charge is 0.242 e. The van der Waals surface area contributed by atoms with Crippen LogP contribution in [0.4, 0.5) is 0 Å². The minimum Gasteiger partial charge on any atom is -0.345 e. The Morgan fingerprint density at radius 1 is 1.43 bits per heavy atom. The Hall–Kier alpha value is -1.33. The highest BCUT2D eigenvalue weighted by Crippen LogP contribution is 2.41. The molecule has 0 aliphatic heterocycles. The molecular weight excluding hydrogens is 378 g/mol. The molecule has 1 aromatic carbocycles. The summed E-state index contributed by atoms with van der Waals surface area (Å²) >= 11 is 9.65. The number of hydrogen-bond acceptors (Lipinski definition) is 2. The zero-order chi connectivity index (χ0) is 16.6. The summed E-state index contributed by atoms with van der Waals surface area (Å²) in [5.41, 5.74) is 2.48. The topological polar surface area (TPSA) is 46.9 Å². The van der Waals surface area contributed by atoms with Gasteiger partial charge in [-0.1, -0.05) is 39.7 Å². The van der Waals surface area contributed by atoms with Gasteiger partial charge in [0.1, 0.15) is 6.54 Å². The van der Waals surface area contributed by atoms with E-state index in [0.717, 1.165) is 40.7 Å². The van der Waals surface area contributed by atoms with E-state index >= 15 is 0 Å². The van der Waals surface area contributed by atoms with E-state index in [0.29, 0.717) is 5.02 Å². The van der Waals surface area contributed by atoms with E-state index in [9.17, 15) is 4.79 Å². The molecule has 1 heterocycles. The van der Waals surface area contributed by atoms with Crippen LogP contribution in [0.1, 0.15) is 36.2 Å². The van der Waals surface area contributed by atoms with Crippen molar-refractivity contribution in [2.75, 3.05) is 0 Å². The quantitative estimate of drug-likeness (QED) is 0.845. The van der Waals surface area contributed by atoms with E-state index in [4.69, 9.17) is 11.6 Å². The number of carbonyl (C=O) groups excluding carboxylic acids is 1. The molecule has 0 radical (unpaired) electrons. The van der Waals surface area contributed by atoms with Gasteiger partial charge in [0.15, 0.2) is 0 Å². The van der Waals surface area contributed by atoms with Gasteiger partial charge in [-0.15, -0.1) is 0 Å². The normalized spacial score (nSPS) is 16.0. The number of aromatic nitrogens is 2. The highest BCUT2D eigenvalue weighted by molar-refractivity contribution is 9.10. The minimum atomic E-state index is -0.249. The molecule has 0 unspecified atom stereocenters. The molecule has 4 nitrogen and oxygen atoms in total. The molecule has 1 saturated carbocycles. The first-order valence-corrected chi connectivity index (χ1v) is 8.85. The van der Waals surface area contributed by atoms with E-state index in [-0.39, 0.29) is 18.0 Å². The van der Waals surface area contributed by atoms with Crippen LogP contribution in [0.25, 0.3) is 0 Å². The summed E-state index contributed by atoms with van der Waals surface area (Å²) in [5, 5.41) is 8.17. The second kappa shape index (κ2) is 6.29. The van der Waals surface area contributed by atoms with Crippen molar-refractivity contribution >= 4 is 33.4 Å². The van der Waals surface area contributed by atoms with Crippen molar-refractivity contribution in [2.45, 2.75) is 45.2 Å². The van der Waals surface area contributed by atoms with Crippen molar-refractivity contribution < 1.29 is 4.79 Å². The van der Waals surface area contributed by atoms with Crippen LogP contribution in [0.2, 0.25) is 5.02 Å². The average Bonchev–Trinajstić information content (AvgIpc) is 2.70. The molecule has 1 aliphatic rings. The van der Waals surface area contributed by atoms with Crippen molar-refractivity contribution in [1.82, 2.24) is 15.1 Å². The predicted octanol–water partition coefficient (Wildman–Crippen LogP) is 4.11. The van der Waals surface area contributed by atoms with Crippen molar-refractivity contribution in [1.29, 1.82) is 0 Å². The molecule has 2 aromatic rings. The van der Waals surface area contributed by atoms with Gasteiger partial charge in [-0.25, -0.2) is 0 Å². The molecule has 0 saturated heterocycles. The summed E-state index contributed by atoms with van der Waals surface area (Å²) in [5.74, 6) is -0.0352. The molecule has 1 aromatic heterocycles. The number of rotatable bonds is 4.